The summed E-state index contributed by atoms with van der Waals surface area (Å²) in [6, 6.07) is 0. The molecule has 1 saturated carbocycles. The third kappa shape index (κ3) is 1.24. The van der Waals surface area contributed by atoms with Crippen LogP contribution in [0.5, 0.6) is 0 Å². The van der Waals surface area contributed by atoms with Crippen LogP contribution in [0, 0.1) is 18.3 Å². The van der Waals surface area contributed by atoms with Crippen molar-refractivity contribution in [3.8, 4) is 0 Å². The Balaban J connectivity index is 2.26. The predicted molar refractivity (Wildman–Crippen MR) is 58.1 cm³/mol. The number of rotatable bonds is 2. The number of nitrogens with two attached hydrogens (primary N) is 1. The van der Waals surface area contributed by atoms with Crippen LogP contribution in [0.4, 0.5) is 0 Å². The van der Waals surface area contributed by atoms with Crippen LogP contribution in [-0.2, 0) is 0 Å². The molecule has 0 aromatic carbocycles. The number of aryl methyl sites for hydroxylation is 1. The Hall–Kier alpha value is -0.340. The lowest BCUT2D eigenvalue weighted by Gasteiger charge is -2.01. The maximum Gasteiger partial charge on any atom is -0.00375 e. The van der Waals surface area contributed by atoms with E-state index in [-0.39, 0.29) is 0 Å². The molecule has 0 amide bonds. The van der Waals surface area contributed by atoms with Gasteiger partial charge in [0.1, 0.15) is 0 Å². The predicted octanol–water partition coefficient (Wildman–Crippen LogP) is 2.75. The van der Waals surface area contributed by atoms with Gasteiger partial charge in [-0.1, -0.05) is 13.8 Å². The topological polar surface area (TPSA) is 26.0 Å². The van der Waals surface area contributed by atoms with Crippen LogP contribution in [-0.4, -0.2) is 6.54 Å². The molecule has 2 heteroatoms. The Kier molecular flexibility index (Phi) is 2.00. The summed E-state index contributed by atoms with van der Waals surface area (Å²) in [5.74, 6) is 1.41. The first-order chi connectivity index (χ1) is 6.09. The molecular formula is C11H17NS. The molecule has 1 heterocycles. The van der Waals surface area contributed by atoms with Crippen molar-refractivity contribution in [3.05, 3.63) is 21.9 Å². The van der Waals surface area contributed by atoms with Crippen molar-refractivity contribution in [2.75, 3.05) is 6.54 Å². The molecule has 1 aromatic heterocycles. The van der Waals surface area contributed by atoms with Gasteiger partial charge in [-0.25, -0.2) is 0 Å². The number of hydrogen-bond donors (Lipinski definition) is 1. The molecule has 0 unspecified atom stereocenters. The average molecular weight is 195 g/mol. The van der Waals surface area contributed by atoms with E-state index < -0.39 is 0 Å². The minimum Gasteiger partial charge on any atom is -0.330 e. The van der Waals surface area contributed by atoms with Gasteiger partial charge in [-0.2, -0.15) is 11.3 Å². The minimum absolute atomic E-state index is 0.431. The van der Waals surface area contributed by atoms with Gasteiger partial charge in [-0.15, -0.1) is 0 Å². The van der Waals surface area contributed by atoms with E-state index >= 15 is 0 Å². The van der Waals surface area contributed by atoms with Gasteiger partial charge in [0.2, 0.25) is 0 Å². The molecular weight excluding hydrogens is 178 g/mol. The van der Waals surface area contributed by atoms with Crippen molar-refractivity contribution in [1.82, 2.24) is 0 Å². The third-order valence-electron chi connectivity index (χ3n) is 3.53. The molecule has 0 radical (unpaired) electrons. The third-order valence-corrected chi connectivity index (χ3v) is 4.41. The van der Waals surface area contributed by atoms with Crippen LogP contribution in [0.15, 0.2) is 10.8 Å². The second-order valence-corrected chi connectivity index (χ2v) is 5.39. The van der Waals surface area contributed by atoms with Crippen molar-refractivity contribution in [1.29, 1.82) is 0 Å². The van der Waals surface area contributed by atoms with Crippen molar-refractivity contribution in [2.24, 2.45) is 17.1 Å². The summed E-state index contributed by atoms with van der Waals surface area (Å²) in [6.07, 6.45) is 0. The molecule has 0 spiro atoms. The van der Waals surface area contributed by atoms with Gasteiger partial charge < -0.3 is 5.73 Å². The zero-order valence-corrected chi connectivity index (χ0v) is 9.32. The highest BCUT2D eigenvalue weighted by molar-refractivity contribution is 7.08. The van der Waals surface area contributed by atoms with E-state index in [1.807, 2.05) is 0 Å². The molecule has 1 aliphatic carbocycles. The first kappa shape index (κ1) is 9.22. The van der Waals surface area contributed by atoms with Crippen molar-refractivity contribution in [3.63, 3.8) is 0 Å². The molecule has 1 nitrogen and oxygen atoms in total. The maximum absolute atomic E-state index is 5.76. The first-order valence-corrected chi connectivity index (χ1v) is 5.76. The molecule has 72 valence electrons. The highest BCUT2D eigenvalue weighted by Gasteiger charge is 2.57. The van der Waals surface area contributed by atoms with Crippen LogP contribution < -0.4 is 5.73 Å². The van der Waals surface area contributed by atoms with E-state index in [9.17, 15) is 0 Å². The standard InChI is InChI=1S/C11H17NS/c1-7-5-13-6-8(7)10-9(4-12)11(10,2)3/h5-6,9-10H,4,12H2,1-3H3/t9-,10-/m1/s1. The van der Waals surface area contributed by atoms with Crippen LogP contribution in [0.3, 0.4) is 0 Å². The summed E-state index contributed by atoms with van der Waals surface area (Å²) in [7, 11) is 0. The van der Waals surface area contributed by atoms with Gasteiger partial charge in [0.05, 0.1) is 0 Å². The molecule has 13 heavy (non-hydrogen) atoms. The van der Waals surface area contributed by atoms with Gasteiger partial charge in [-0.3, -0.25) is 0 Å². The summed E-state index contributed by atoms with van der Waals surface area (Å²) >= 11 is 1.81. The molecule has 1 fully saturated rings. The van der Waals surface area contributed by atoms with E-state index in [0.29, 0.717) is 17.3 Å². The normalized spacial score (nSPS) is 30.5. The SMILES string of the molecule is Cc1cscc1[C@@H]1[C@@H](CN)C1(C)C. The summed E-state index contributed by atoms with van der Waals surface area (Å²) in [5.41, 5.74) is 9.17. The molecule has 2 N–H and O–H groups in total. The Morgan fingerprint density at radius 2 is 2.15 bits per heavy atom. The monoisotopic (exact) mass is 195 g/mol. The lowest BCUT2D eigenvalue weighted by atomic mass is 10.0. The molecule has 0 saturated heterocycles. The molecule has 2 atom stereocenters. The average Bonchev–Trinajstić information content (AvgIpc) is 2.41. The fourth-order valence-electron chi connectivity index (χ4n) is 2.49. The van der Waals surface area contributed by atoms with Crippen molar-refractivity contribution < 1.29 is 0 Å². The van der Waals surface area contributed by atoms with Crippen LogP contribution in [0.2, 0.25) is 0 Å². The zero-order valence-electron chi connectivity index (χ0n) is 8.50. The van der Waals surface area contributed by atoms with E-state index in [1.54, 1.807) is 11.3 Å². The van der Waals surface area contributed by atoms with Crippen molar-refractivity contribution in [2.45, 2.75) is 26.7 Å². The molecule has 0 bridgehead atoms. The van der Waals surface area contributed by atoms with Gasteiger partial charge in [-0.05, 0) is 52.6 Å². The fraction of sp³-hybridized carbons (Fsp3) is 0.636. The second kappa shape index (κ2) is 2.82. The summed E-state index contributed by atoms with van der Waals surface area (Å²) in [4.78, 5) is 0. The summed E-state index contributed by atoms with van der Waals surface area (Å²) < 4.78 is 0. The highest BCUT2D eigenvalue weighted by Crippen LogP contribution is 2.64. The van der Waals surface area contributed by atoms with Crippen LogP contribution in [0.1, 0.15) is 30.9 Å². The van der Waals surface area contributed by atoms with Gasteiger partial charge >= 0.3 is 0 Å². The fourth-order valence-corrected chi connectivity index (χ4v) is 3.38. The molecule has 0 aliphatic heterocycles. The molecule has 1 aliphatic rings. The minimum atomic E-state index is 0.431. The molecule has 1 aromatic rings. The second-order valence-electron chi connectivity index (χ2n) is 4.65. The Bertz CT molecular complexity index is 314. The summed E-state index contributed by atoms with van der Waals surface area (Å²) in [6.45, 7) is 7.68. The lowest BCUT2D eigenvalue weighted by molar-refractivity contribution is 0.558. The quantitative estimate of drug-likeness (QED) is 0.771. The Morgan fingerprint density at radius 1 is 1.46 bits per heavy atom. The van der Waals surface area contributed by atoms with E-state index in [0.717, 1.165) is 6.54 Å². The van der Waals surface area contributed by atoms with E-state index in [2.05, 4.69) is 31.5 Å². The summed E-state index contributed by atoms with van der Waals surface area (Å²) in [5, 5.41) is 4.52. The maximum atomic E-state index is 5.76. The van der Waals surface area contributed by atoms with Crippen LogP contribution in [0.25, 0.3) is 0 Å². The smallest absolute Gasteiger partial charge is 0.00375 e. The van der Waals surface area contributed by atoms with E-state index in [1.165, 1.54) is 11.1 Å². The highest BCUT2D eigenvalue weighted by atomic mass is 32.1. The zero-order chi connectivity index (χ0) is 9.64. The van der Waals surface area contributed by atoms with Gasteiger partial charge in [0.25, 0.3) is 0 Å². The van der Waals surface area contributed by atoms with Gasteiger partial charge in [0.15, 0.2) is 0 Å². The lowest BCUT2D eigenvalue weighted by Crippen LogP contribution is -2.05. The first-order valence-electron chi connectivity index (χ1n) is 4.81. The van der Waals surface area contributed by atoms with E-state index in [4.69, 9.17) is 5.73 Å². The van der Waals surface area contributed by atoms with Crippen LogP contribution >= 0.6 is 11.3 Å². The Morgan fingerprint density at radius 3 is 2.54 bits per heavy atom. The van der Waals surface area contributed by atoms with Crippen molar-refractivity contribution >= 4 is 11.3 Å². The number of thiophene rings is 1. The number of hydrogen-bond acceptors (Lipinski definition) is 2. The van der Waals surface area contributed by atoms with Gasteiger partial charge in [0, 0.05) is 0 Å². The molecule has 2 rings (SSSR count). The Labute approximate surface area is 84.0 Å². The largest absolute Gasteiger partial charge is 0.330 e.